The largest absolute Gasteiger partial charge is 0.478 e. The topological polar surface area (TPSA) is 50.3 Å². The molecule has 0 saturated carbocycles. The normalized spacial score (nSPS) is 18.5. The van der Waals surface area contributed by atoms with Gasteiger partial charge in [0.25, 0.3) is 0 Å². The third-order valence-corrected chi connectivity index (χ3v) is 3.53. The Kier molecular flexibility index (Phi) is 5.59. The lowest BCUT2D eigenvalue weighted by atomic mass is 10.2. The molecule has 5 nitrogen and oxygen atoms in total. The first-order valence-corrected chi connectivity index (χ1v) is 7.66. The number of nitrogens with one attached hydrogen (secondary N) is 1. The van der Waals surface area contributed by atoms with Crippen molar-refractivity contribution in [3.05, 3.63) is 12.3 Å². The number of nitrogens with zero attached hydrogens (tertiary/aromatic N) is 3. The van der Waals surface area contributed by atoms with Crippen LogP contribution in [0.4, 0.5) is 5.95 Å². The molecule has 1 fully saturated rings. The molecular weight excluding hydrogens is 252 g/mol. The summed E-state index contributed by atoms with van der Waals surface area (Å²) in [7, 11) is 0. The fourth-order valence-electron chi connectivity index (χ4n) is 2.43. The maximum atomic E-state index is 5.60. The first-order chi connectivity index (χ1) is 9.70. The van der Waals surface area contributed by atoms with E-state index in [2.05, 4.69) is 41.0 Å². The Morgan fingerprint density at radius 2 is 2.35 bits per heavy atom. The lowest BCUT2D eigenvalue weighted by Gasteiger charge is -2.29. The highest BCUT2D eigenvalue weighted by Crippen LogP contribution is 2.17. The quantitative estimate of drug-likeness (QED) is 0.829. The predicted octanol–water partition coefficient (Wildman–Crippen LogP) is 2.23. The van der Waals surface area contributed by atoms with Crippen LogP contribution in [0.5, 0.6) is 5.88 Å². The van der Waals surface area contributed by atoms with Gasteiger partial charge in [-0.3, -0.25) is 0 Å². The Balaban J connectivity index is 2.07. The number of ether oxygens (including phenoxy) is 1. The van der Waals surface area contributed by atoms with Crippen molar-refractivity contribution in [2.45, 2.75) is 52.1 Å². The van der Waals surface area contributed by atoms with Crippen LogP contribution in [0.15, 0.2) is 12.3 Å². The van der Waals surface area contributed by atoms with Gasteiger partial charge < -0.3 is 15.0 Å². The number of rotatable bonds is 7. The molecule has 5 heteroatoms. The van der Waals surface area contributed by atoms with E-state index in [0.717, 1.165) is 25.5 Å². The van der Waals surface area contributed by atoms with Gasteiger partial charge in [-0.2, -0.15) is 4.98 Å². The Labute approximate surface area is 121 Å². The van der Waals surface area contributed by atoms with Gasteiger partial charge in [0.1, 0.15) is 0 Å². The summed E-state index contributed by atoms with van der Waals surface area (Å²) in [6.45, 7) is 9.22. The van der Waals surface area contributed by atoms with Crippen LogP contribution in [0, 0.1) is 0 Å². The van der Waals surface area contributed by atoms with Gasteiger partial charge in [0.05, 0.1) is 6.61 Å². The zero-order valence-electron chi connectivity index (χ0n) is 12.8. The minimum absolute atomic E-state index is 0.374. The fourth-order valence-corrected chi connectivity index (χ4v) is 2.43. The van der Waals surface area contributed by atoms with Crippen LogP contribution in [0.1, 0.15) is 40.0 Å². The Hall–Kier alpha value is -1.36. The van der Waals surface area contributed by atoms with Gasteiger partial charge >= 0.3 is 0 Å². The highest BCUT2D eigenvalue weighted by molar-refractivity contribution is 5.33. The highest BCUT2D eigenvalue weighted by Gasteiger charge is 2.21. The molecule has 1 saturated heterocycles. The zero-order valence-corrected chi connectivity index (χ0v) is 12.8. The molecule has 0 aromatic carbocycles. The van der Waals surface area contributed by atoms with E-state index in [1.54, 1.807) is 6.20 Å². The summed E-state index contributed by atoms with van der Waals surface area (Å²) in [5, 5.41) is 3.53. The van der Waals surface area contributed by atoms with Gasteiger partial charge in [-0.05, 0) is 39.7 Å². The van der Waals surface area contributed by atoms with Crippen LogP contribution in [-0.2, 0) is 0 Å². The van der Waals surface area contributed by atoms with Crippen molar-refractivity contribution in [3.63, 3.8) is 0 Å². The van der Waals surface area contributed by atoms with E-state index >= 15 is 0 Å². The molecule has 2 heterocycles. The van der Waals surface area contributed by atoms with Gasteiger partial charge in [0, 0.05) is 30.9 Å². The molecule has 1 aromatic heterocycles. The second-order valence-electron chi connectivity index (χ2n) is 5.58. The summed E-state index contributed by atoms with van der Waals surface area (Å²) in [4.78, 5) is 11.2. The molecule has 2 rings (SSSR count). The Morgan fingerprint density at radius 3 is 3.00 bits per heavy atom. The summed E-state index contributed by atoms with van der Waals surface area (Å²) in [5.74, 6) is 1.43. The molecule has 0 aliphatic carbocycles. The smallest absolute Gasteiger partial charge is 0.228 e. The SMILES string of the molecule is CCCOc1ccnc(N(CC2CCCN2)C(C)C)n1. The number of aromatic nitrogens is 2. The van der Waals surface area contributed by atoms with Crippen LogP contribution in [0.3, 0.4) is 0 Å². The molecule has 0 bridgehead atoms. The van der Waals surface area contributed by atoms with E-state index in [9.17, 15) is 0 Å². The molecule has 0 amide bonds. The molecule has 1 unspecified atom stereocenters. The van der Waals surface area contributed by atoms with E-state index < -0.39 is 0 Å². The number of hydrogen-bond donors (Lipinski definition) is 1. The van der Waals surface area contributed by atoms with E-state index in [1.165, 1.54) is 12.8 Å². The first-order valence-electron chi connectivity index (χ1n) is 7.66. The van der Waals surface area contributed by atoms with Crippen molar-refractivity contribution in [2.24, 2.45) is 0 Å². The summed E-state index contributed by atoms with van der Waals surface area (Å²) < 4.78 is 5.60. The third kappa shape index (κ3) is 4.07. The van der Waals surface area contributed by atoms with Crippen LogP contribution in [-0.4, -0.2) is 41.7 Å². The van der Waals surface area contributed by atoms with Gasteiger partial charge in [0.15, 0.2) is 0 Å². The maximum Gasteiger partial charge on any atom is 0.228 e. The van der Waals surface area contributed by atoms with Crippen LogP contribution >= 0.6 is 0 Å². The summed E-state index contributed by atoms with van der Waals surface area (Å²) in [5.41, 5.74) is 0. The van der Waals surface area contributed by atoms with E-state index in [0.29, 0.717) is 24.6 Å². The molecule has 0 spiro atoms. The van der Waals surface area contributed by atoms with Crippen molar-refractivity contribution in [1.29, 1.82) is 0 Å². The number of hydrogen-bond acceptors (Lipinski definition) is 5. The zero-order chi connectivity index (χ0) is 14.4. The molecule has 1 aliphatic heterocycles. The van der Waals surface area contributed by atoms with Gasteiger partial charge in [-0.25, -0.2) is 4.98 Å². The summed E-state index contributed by atoms with van der Waals surface area (Å²) >= 11 is 0. The standard InChI is InChI=1S/C15H26N4O/c1-4-10-20-14-7-9-17-15(18-14)19(12(2)3)11-13-6-5-8-16-13/h7,9,12-13,16H,4-6,8,10-11H2,1-3H3. The van der Waals surface area contributed by atoms with Crippen molar-refractivity contribution in [1.82, 2.24) is 15.3 Å². The van der Waals surface area contributed by atoms with Crippen LogP contribution < -0.4 is 15.0 Å². The first kappa shape index (κ1) is 15.0. The molecule has 1 aromatic rings. The van der Waals surface area contributed by atoms with Gasteiger partial charge in [0.2, 0.25) is 11.8 Å². The lowest BCUT2D eigenvalue weighted by Crippen LogP contribution is -2.42. The fraction of sp³-hybridized carbons (Fsp3) is 0.733. The Morgan fingerprint density at radius 1 is 1.50 bits per heavy atom. The maximum absolute atomic E-state index is 5.60. The summed E-state index contributed by atoms with van der Waals surface area (Å²) in [6, 6.07) is 2.74. The molecule has 1 atom stereocenters. The van der Waals surface area contributed by atoms with Gasteiger partial charge in [-0.1, -0.05) is 6.92 Å². The average molecular weight is 278 g/mol. The average Bonchev–Trinajstić information content (AvgIpc) is 2.95. The second-order valence-corrected chi connectivity index (χ2v) is 5.58. The minimum atomic E-state index is 0.374. The lowest BCUT2D eigenvalue weighted by molar-refractivity contribution is 0.304. The molecule has 0 radical (unpaired) electrons. The molecule has 1 N–H and O–H groups in total. The Bertz CT molecular complexity index is 405. The summed E-state index contributed by atoms with van der Waals surface area (Å²) in [6.07, 6.45) is 5.26. The van der Waals surface area contributed by atoms with E-state index in [4.69, 9.17) is 4.74 Å². The van der Waals surface area contributed by atoms with Crippen molar-refractivity contribution in [3.8, 4) is 5.88 Å². The monoisotopic (exact) mass is 278 g/mol. The molecular formula is C15H26N4O. The molecule has 20 heavy (non-hydrogen) atoms. The minimum Gasteiger partial charge on any atom is -0.478 e. The highest BCUT2D eigenvalue weighted by atomic mass is 16.5. The number of anilines is 1. The van der Waals surface area contributed by atoms with Crippen molar-refractivity contribution >= 4 is 5.95 Å². The van der Waals surface area contributed by atoms with Gasteiger partial charge in [-0.15, -0.1) is 0 Å². The second kappa shape index (κ2) is 7.43. The van der Waals surface area contributed by atoms with Crippen LogP contribution in [0.2, 0.25) is 0 Å². The predicted molar refractivity (Wildman–Crippen MR) is 81.3 cm³/mol. The molecule has 1 aliphatic rings. The third-order valence-electron chi connectivity index (χ3n) is 3.53. The van der Waals surface area contributed by atoms with Crippen LogP contribution in [0.25, 0.3) is 0 Å². The van der Waals surface area contributed by atoms with Crippen molar-refractivity contribution < 1.29 is 4.74 Å². The van der Waals surface area contributed by atoms with Crippen molar-refractivity contribution in [2.75, 3.05) is 24.6 Å². The van der Waals surface area contributed by atoms with E-state index in [-0.39, 0.29) is 0 Å². The van der Waals surface area contributed by atoms with E-state index in [1.807, 2.05) is 6.07 Å². The molecule has 112 valence electrons.